The summed E-state index contributed by atoms with van der Waals surface area (Å²) in [7, 11) is 0. The van der Waals surface area contributed by atoms with E-state index < -0.39 is 0 Å². The van der Waals surface area contributed by atoms with Crippen molar-refractivity contribution < 1.29 is 4.79 Å². The fourth-order valence-electron chi connectivity index (χ4n) is 2.02. The Balaban J connectivity index is 2.36. The zero-order chi connectivity index (χ0) is 15.8. The lowest BCUT2D eigenvalue weighted by Crippen LogP contribution is -2.04. The van der Waals surface area contributed by atoms with Gasteiger partial charge in [0.05, 0.1) is 0 Å². The van der Waals surface area contributed by atoms with Crippen molar-refractivity contribution >= 4 is 27.8 Å². The molecule has 0 atom stereocenters. The van der Waals surface area contributed by atoms with Crippen LogP contribution < -0.4 is 0 Å². The van der Waals surface area contributed by atoms with Crippen molar-refractivity contribution in [2.45, 2.75) is 6.42 Å². The largest absolute Gasteiger partial charge is 0.289 e. The van der Waals surface area contributed by atoms with Crippen LogP contribution in [-0.4, -0.2) is 12.3 Å². The molecule has 2 rings (SSSR count). The molecule has 0 heterocycles. The average Bonchev–Trinajstić information content (AvgIpc) is 2.56. The second-order valence-electron chi connectivity index (χ2n) is 4.59. The number of nitrogens with zero attached hydrogens (tertiary/aromatic N) is 3. The van der Waals surface area contributed by atoms with Crippen molar-refractivity contribution in [2.75, 3.05) is 6.54 Å². The Morgan fingerprint density at radius 3 is 2.50 bits per heavy atom. The summed E-state index contributed by atoms with van der Waals surface area (Å²) >= 11 is 3.47. The smallest absolute Gasteiger partial charge is 0.189 e. The van der Waals surface area contributed by atoms with Gasteiger partial charge in [0.25, 0.3) is 0 Å². The van der Waals surface area contributed by atoms with Gasteiger partial charge in [0.15, 0.2) is 5.78 Å². The van der Waals surface area contributed by atoms with Crippen molar-refractivity contribution in [1.29, 1.82) is 0 Å². The van der Waals surface area contributed by atoms with Crippen LogP contribution in [-0.2, 0) is 0 Å². The number of Topliss-reactive ketones (excluding diaryl/α,β-unsaturated/α-hetero) is 1. The van der Waals surface area contributed by atoms with E-state index in [-0.39, 0.29) is 12.3 Å². The first kappa shape index (κ1) is 16.0. The minimum atomic E-state index is -0.0514. The first-order valence-electron chi connectivity index (χ1n) is 6.78. The van der Waals surface area contributed by atoms with Crippen LogP contribution in [0.25, 0.3) is 16.5 Å². The summed E-state index contributed by atoms with van der Waals surface area (Å²) in [4.78, 5) is 15.4. The monoisotopic (exact) mass is 355 g/mol. The van der Waals surface area contributed by atoms with Crippen LogP contribution in [0, 0.1) is 0 Å². The average molecular weight is 356 g/mol. The minimum Gasteiger partial charge on any atom is -0.289 e. The van der Waals surface area contributed by atoms with Crippen molar-refractivity contribution in [3.05, 3.63) is 86.2 Å². The molecule has 5 heteroatoms. The Morgan fingerprint density at radius 2 is 1.82 bits per heavy atom. The highest BCUT2D eigenvalue weighted by molar-refractivity contribution is 9.10. The number of benzene rings is 2. The molecule has 0 saturated carbocycles. The number of azide groups is 1. The van der Waals surface area contributed by atoms with Crippen LogP contribution in [0.3, 0.4) is 0 Å². The van der Waals surface area contributed by atoms with Gasteiger partial charge in [-0.2, -0.15) is 0 Å². The molecule has 0 aliphatic rings. The van der Waals surface area contributed by atoms with Crippen molar-refractivity contribution in [3.8, 4) is 0 Å². The molecule has 0 bridgehead atoms. The molecule has 0 spiro atoms. The first-order valence-corrected chi connectivity index (χ1v) is 7.57. The fourth-order valence-corrected chi connectivity index (χ4v) is 2.42. The van der Waals surface area contributed by atoms with Crippen LogP contribution in [0.2, 0.25) is 0 Å². The van der Waals surface area contributed by atoms with Crippen molar-refractivity contribution in [2.24, 2.45) is 5.11 Å². The lowest BCUT2D eigenvalue weighted by molar-refractivity contribution is 0.103. The SMILES string of the molecule is [N-]=[N+]=NCC/C(=C\c1ccccc1Br)C(=O)c1ccccc1. The van der Waals surface area contributed by atoms with Gasteiger partial charge >= 0.3 is 0 Å². The van der Waals surface area contributed by atoms with Gasteiger partial charge in [-0.3, -0.25) is 4.79 Å². The number of carbonyl (C=O) groups excluding carboxylic acids is 1. The third-order valence-corrected chi connectivity index (χ3v) is 3.83. The highest BCUT2D eigenvalue weighted by atomic mass is 79.9. The summed E-state index contributed by atoms with van der Waals surface area (Å²) < 4.78 is 0.914. The van der Waals surface area contributed by atoms with Crippen LogP contribution in [0.5, 0.6) is 0 Å². The zero-order valence-corrected chi connectivity index (χ0v) is 13.4. The maximum Gasteiger partial charge on any atom is 0.189 e. The molecule has 0 aromatic heterocycles. The highest BCUT2D eigenvalue weighted by Crippen LogP contribution is 2.22. The van der Waals surface area contributed by atoms with E-state index in [1.165, 1.54) is 0 Å². The van der Waals surface area contributed by atoms with Crippen LogP contribution in [0.1, 0.15) is 22.3 Å². The normalized spacial score (nSPS) is 10.9. The standard InChI is InChI=1S/C17H14BrN3O/c18-16-9-5-4-8-14(16)12-15(10-11-20-21-19)17(22)13-6-2-1-3-7-13/h1-9,12H,10-11H2/b15-12+. The third-order valence-electron chi connectivity index (χ3n) is 3.11. The third kappa shape index (κ3) is 4.32. The Labute approximate surface area is 137 Å². The van der Waals surface area contributed by atoms with E-state index in [1.54, 1.807) is 12.1 Å². The van der Waals surface area contributed by atoms with Crippen LogP contribution >= 0.6 is 15.9 Å². The van der Waals surface area contributed by atoms with E-state index in [2.05, 4.69) is 26.0 Å². The van der Waals surface area contributed by atoms with E-state index >= 15 is 0 Å². The topological polar surface area (TPSA) is 65.8 Å². The van der Waals surface area contributed by atoms with Gasteiger partial charge in [0.2, 0.25) is 0 Å². The van der Waals surface area contributed by atoms with E-state index in [1.807, 2.05) is 48.5 Å². The molecule has 0 fully saturated rings. The van der Waals surface area contributed by atoms with Gasteiger partial charge in [-0.25, -0.2) is 0 Å². The number of hydrogen-bond donors (Lipinski definition) is 0. The van der Waals surface area contributed by atoms with Crippen molar-refractivity contribution in [1.82, 2.24) is 0 Å². The highest BCUT2D eigenvalue weighted by Gasteiger charge is 2.12. The summed E-state index contributed by atoms with van der Waals surface area (Å²) in [6.07, 6.45) is 2.24. The molecule has 0 saturated heterocycles. The minimum absolute atomic E-state index is 0.0514. The predicted octanol–water partition coefficient (Wildman–Crippen LogP) is 5.42. The second kappa shape index (κ2) is 8.17. The van der Waals surface area contributed by atoms with E-state index in [4.69, 9.17) is 5.53 Å². The summed E-state index contributed by atoms with van der Waals surface area (Å²) in [5.41, 5.74) is 10.6. The van der Waals surface area contributed by atoms with Crippen molar-refractivity contribution in [3.63, 3.8) is 0 Å². The molecule has 2 aromatic rings. The first-order chi connectivity index (χ1) is 10.7. The fraction of sp³-hybridized carbons (Fsp3) is 0.118. The van der Waals surface area contributed by atoms with Gasteiger partial charge in [0, 0.05) is 27.1 Å². The number of halogens is 1. The quantitative estimate of drug-likeness (QED) is 0.224. The Hall–Kier alpha value is -2.36. The predicted molar refractivity (Wildman–Crippen MR) is 91.5 cm³/mol. The molecule has 0 unspecified atom stereocenters. The van der Waals surface area contributed by atoms with Gasteiger partial charge in [-0.1, -0.05) is 69.6 Å². The Bertz CT molecular complexity index is 735. The van der Waals surface area contributed by atoms with Crippen LogP contribution in [0.15, 0.2) is 69.8 Å². The number of hydrogen-bond acceptors (Lipinski definition) is 2. The number of ketones is 1. The number of rotatable bonds is 6. The summed E-state index contributed by atoms with van der Waals surface area (Å²) in [6.45, 7) is 0.255. The zero-order valence-electron chi connectivity index (χ0n) is 11.8. The summed E-state index contributed by atoms with van der Waals surface area (Å²) in [5, 5.41) is 3.53. The Kier molecular flexibility index (Phi) is 5.95. The second-order valence-corrected chi connectivity index (χ2v) is 5.45. The Morgan fingerprint density at radius 1 is 1.14 bits per heavy atom. The molecule has 0 aliphatic heterocycles. The van der Waals surface area contributed by atoms with Crippen LogP contribution in [0.4, 0.5) is 0 Å². The number of carbonyl (C=O) groups is 1. The lowest BCUT2D eigenvalue weighted by atomic mass is 9.98. The van der Waals surface area contributed by atoms with E-state index in [9.17, 15) is 4.79 Å². The van der Waals surface area contributed by atoms with Gasteiger partial charge < -0.3 is 0 Å². The molecule has 0 amide bonds. The molecule has 2 aromatic carbocycles. The van der Waals surface area contributed by atoms with Gasteiger partial charge in [0.1, 0.15) is 0 Å². The van der Waals surface area contributed by atoms with E-state index in [0.717, 1.165) is 10.0 Å². The van der Waals surface area contributed by atoms with E-state index in [0.29, 0.717) is 17.6 Å². The van der Waals surface area contributed by atoms with Gasteiger partial charge in [-0.05, 0) is 29.7 Å². The maximum absolute atomic E-state index is 12.6. The maximum atomic E-state index is 12.6. The molecular formula is C17H14BrN3O. The molecular weight excluding hydrogens is 342 g/mol. The molecule has 0 radical (unpaired) electrons. The molecule has 0 N–H and O–H groups in total. The molecule has 0 aliphatic carbocycles. The molecule has 22 heavy (non-hydrogen) atoms. The molecule has 4 nitrogen and oxygen atoms in total. The lowest BCUT2D eigenvalue weighted by Gasteiger charge is -2.07. The van der Waals surface area contributed by atoms with Gasteiger partial charge in [-0.15, -0.1) is 0 Å². The molecule has 110 valence electrons. The summed E-state index contributed by atoms with van der Waals surface area (Å²) in [5.74, 6) is -0.0514. The summed E-state index contributed by atoms with van der Waals surface area (Å²) in [6, 6.07) is 16.8.